The number of benzene rings is 1. The third-order valence-corrected chi connectivity index (χ3v) is 4.36. The van der Waals surface area contributed by atoms with E-state index in [2.05, 4.69) is 14.6 Å². The van der Waals surface area contributed by atoms with Crippen LogP contribution < -0.4 is 9.64 Å². The van der Waals surface area contributed by atoms with E-state index in [1.165, 1.54) is 12.1 Å². The molecule has 0 atom stereocenters. The van der Waals surface area contributed by atoms with Gasteiger partial charge in [-0.1, -0.05) is 12.1 Å². The molecule has 0 N–H and O–H groups in total. The van der Waals surface area contributed by atoms with E-state index in [0.717, 1.165) is 24.3 Å². The highest BCUT2D eigenvalue weighted by molar-refractivity contribution is 5.97. The van der Waals surface area contributed by atoms with E-state index in [1.54, 1.807) is 23.2 Å². The van der Waals surface area contributed by atoms with E-state index in [-0.39, 0.29) is 17.2 Å². The molecule has 1 aromatic carbocycles. The van der Waals surface area contributed by atoms with Gasteiger partial charge >= 0.3 is 6.61 Å². The Kier molecular flexibility index (Phi) is 5.65. The molecule has 1 aliphatic heterocycles. The molecule has 1 saturated heterocycles. The van der Waals surface area contributed by atoms with Crippen molar-refractivity contribution in [1.29, 1.82) is 0 Å². The summed E-state index contributed by atoms with van der Waals surface area (Å²) < 4.78 is 29.7. The number of halogens is 2. The molecule has 5 nitrogen and oxygen atoms in total. The summed E-state index contributed by atoms with van der Waals surface area (Å²) in [7, 11) is 0. The summed E-state index contributed by atoms with van der Waals surface area (Å²) in [6.45, 7) is 1.57. The molecule has 138 valence electrons. The van der Waals surface area contributed by atoms with Gasteiger partial charge in [-0.05, 0) is 37.6 Å². The number of hydrogen-bond donors (Lipinski definition) is 0. The van der Waals surface area contributed by atoms with Gasteiger partial charge in [0.05, 0.1) is 5.56 Å². The minimum Gasteiger partial charge on any atom is -0.434 e. The highest BCUT2D eigenvalue weighted by Gasteiger charge is 2.23. The van der Waals surface area contributed by atoms with Crippen LogP contribution in [0.5, 0.6) is 5.75 Å². The van der Waals surface area contributed by atoms with Crippen LogP contribution in [0.15, 0.2) is 42.6 Å². The maximum absolute atomic E-state index is 12.8. The number of rotatable bonds is 4. The van der Waals surface area contributed by atoms with Crippen LogP contribution in [-0.4, -0.2) is 48.6 Å². The van der Waals surface area contributed by atoms with E-state index in [0.29, 0.717) is 19.6 Å². The van der Waals surface area contributed by atoms with E-state index < -0.39 is 6.61 Å². The third-order valence-electron chi connectivity index (χ3n) is 4.36. The molecule has 7 heteroatoms. The quantitative estimate of drug-likeness (QED) is 0.838. The molecule has 0 unspecified atom stereocenters. The van der Waals surface area contributed by atoms with Crippen LogP contribution in [0.4, 0.5) is 14.5 Å². The van der Waals surface area contributed by atoms with Crippen molar-refractivity contribution in [3.05, 3.63) is 53.9 Å². The number of aryl methyl sites for hydroxylation is 1. The number of aromatic nitrogens is 1. The molecule has 0 radical (unpaired) electrons. The molecule has 26 heavy (non-hydrogen) atoms. The summed E-state index contributed by atoms with van der Waals surface area (Å²) in [6.07, 6.45) is 2.57. The number of carbonyl (C=O) groups is 1. The molecule has 0 aliphatic carbocycles. The minimum atomic E-state index is -2.96. The number of para-hydroxylation sites is 1. The van der Waals surface area contributed by atoms with E-state index in [9.17, 15) is 13.6 Å². The third kappa shape index (κ3) is 4.28. The second kappa shape index (κ2) is 8.12. The second-order valence-electron chi connectivity index (χ2n) is 6.16. The van der Waals surface area contributed by atoms with Gasteiger partial charge in [-0.25, -0.2) is 0 Å². The molecule has 1 amide bonds. The fourth-order valence-electron chi connectivity index (χ4n) is 3.12. The van der Waals surface area contributed by atoms with Crippen molar-refractivity contribution in [2.24, 2.45) is 0 Å². The first-order valence-corrected chi connectivity index (χ1v) is 8.55. The van der Waals surface area contributed by atoms with Crippen molar-refractivity contribution in [3.8, 4) is 5.75 Å². The van der Waals surface area contributed by atoms with Crippen LogP contribution in [0.25, 0.3) is 0 Å². The molecule has 1 aromatic heterocycles. The van der Waals surface area contributed by atoms with Crippen LogP contribution in [-0.2, 0) is 0 Å². The van der Waals surface area contributed by atoms with Gasteiger partial charge in [0, 0.05) is 43.8 Å². The lowest BCUT2D eigenvalue weighted by Gasteiger charge is -2.24. The number of nitrogens with zero attached hydrogens (tertiary/aromatic N) is 3. The molecular formula is C19H21F2N3O2. The highest BCUT2D eigenvalue weighted by atomic mass is 19.3. The first kappa shape index (κ1) is 18.1. The van der Waals surface area contributed by atoms with Crippen molar-refractivity contribution in [2.75, 3.05) is 31.1 Å². The first-order chi connectivity index (χ1) is 12.5. The van der Waals surface area contributed by atoms with E-state index in [1.807, 2.05) is 19.1 Å². The number of hydrogen-bond acceptors (Lipinski definition) is 4. The van der Waals surface area contributed by atoms with Gasteiger partial charge in [0.2, 0.25) is 0 Å². The van der Waals surface area contributed by atoms with Crippen LogP contribution in [0.2, 0.25) is 0 Å². The molecule has 2 aromatic rings. The van der Waals surface area contributed by atoms with Gasteiger partial charge in [0.1, 0.15) is 5.75 Å². The van der Waals surface area contributed by atoms with Crippen LogP contribution in [0.1, 0.15) is 22.5 Å². The molecule has 0 saturated carbocycles. The molecule has 0 spiro atoms. The summed E-state index contributed by atoms with van der Waals surface area (Å²) in [4.78, 5) is 20.9. The maximum atomic E-state index is 12.8. The van der Waals surface area contributed by atoms with Gasteiger partial charge < -0.3 is 14.5 Å². The van der Waals surface area contributed by atoms with Crippen LogP contribution in [0.3, 0.4) is 0 Å². The average molecular weight is 361 g/mol. The molecule has 1 aliphatic rings. The average Bonchev–Trinajstić information content (AvgIpc) is 2.87. The summed E-state index contributed by atoms with van der Waals surface area (Å²) in [5.41, 5.74) is 2.19. The van der Waals surface area contributed by atoms with Crippen molar-refractivity contribution < 1.29 is 18.3 Å². The summed E-state index contributed by atoms with van der Waals surface area (Å²) in [5.74, 6) is -0.368. The Bertz CT molecular complexity index is 770. The fourth-order valence-corrected chi connectivity index (χ4v) is 3.12. The number of amides is 1. The van der Waals surface area contributed by atoms with Gasteiger partial charge in [0.15, 0.2) is 0 Å². The SMILES string of the molecule is Cc1cc(N2CCCN(C(=O)c3ccccc3OC(F)F)CC2)ccn1. The lowest BCUT2D eigenvalue weighted by atomic mass is 10.1. The predicted molar refractivity (Wildman–Crippen MR) is 94.8 cm³/mol. The number of carbonyl (C=O) groups excluding carboxylic acids is 1. The number of anilines is 1. The smallest absolute Gasteiger partial charge is 0.387 e. The van der Waals surface area contributed by atoms with Gasteiger partial charge in [-0.2, -0.15) is 8.78 Å². The Hall–Kier alpha value is -2.70. The zero-order chi connectivity index (χ0) is 18.5. The lowest BCUT2D eigenvalue weighted by Crippen LogP contribution is -2.35. The Morgan fingerprint density at radius 2 is 1.96 bits per heavy atom. The Morgan fingerprint density at radius 1 is 1.15 bits per heavy atom. The minimum absolute atomic E-state index is 0.0849. The van der Waals surface area contributed by atoms with Crippen molar-refractivity contribution in [3.63, 3.8) is 0 Å². The van der Waals surface area contributed by atoms with E-state index in [4.69, 9.17) is 0 Å². The summed E-state index contributed by atoms with van der Waals surface area (Å²) in [6, 6.07) is 10.1. The zero-order valence-electron chi connectivity index (χ0n) is 14.6. The highest BCUT2D eigenvalue weighted by Crippen LogP contribution is 2.23. The molecule has 0 bridgehead atoms. The normalized spacial score (nSPS) is 15.1. The lowest BCUT2D eigenvalue weighted by molar-refractivity contribution is -0.0502. The topological polar surface area (TPSA) is 45.7 Å². The number of ether oxygens (including phenoxy) is 1. The second-order valence-corrected chi connectivity index (χ2v) is 6.16. The zero-order valence-corrected chi connectivity index (χ0v) is 14.6. The van der Waals surface area contributed by atoms with Crippen molar-refractivity contribution in [1.82, 2.24) is 9.88 Å². The molecule has 3 rings (SSSR count). The van der Waals surface area contributed by atoms with Gasteiger partial charge in [0.25, 0.3) is 5.91 Å². The Labute approximate surface area is 151 Å². The van der Waals surface area contributed by atoms with Gasteiger partial charge in [-0.3, -0.25) is 9.78 Å². The Morgan fingerprint density at radius 3 is 2.73 bits per heavy atom. The van der Waals surface area contributed by atoms with Gasteiger partial charge in [-0.15, -0.1) is 0 Å². The maximum Gasteiger partial charge on any atom is 0.387 e. The molecular weight excluding hydrogens is 340 g/mol. The largest absolute Gasteiger partial charge is 0.434 e. The monoisotopic (exact) mass is 361 g/mol. The fraction of sp³-hybridized carbons (Fsp3) is 0.368. The summed E-state index contributed by atoms with van der Waals surface area (Å²) >= 11 is 0. The first-order valence-electron chi connectivity index (χ1n) is 8.55. The number of pyridine rings is 1. The van der Waals surface area contributed by atoms with Crippen LogP contribution in [0, 0.1) is 6.92 Å². The van der Waals surface area contributed by atoms with Crippen molar-refractivity contribution in [2.45, 2.75) is 20.0 Å². The molecule has 1 fully saturated rings. The molecule has 2 heterocycles. The van der Waals surface area contributed by atoms with E-state index >= 15 is 0 Å². The van der Waals surface area contributed by atoms with Crippen molar-refractivity contribution >= 4 is 11.6 Å². The standard InChI is InChI=1S/C19H21F2N3O2/c1-14-13-15(7-8-22-14)23-9-4-10-24(12-11-23)18(25)16-5-2-3-6-17(16)26-19(20)21/h2-3,5-8,13,19H,4,9-12H2,1H3. The number of alkyl halides is 2. The van der Waals surface area contributed by atoms with Crippen LogP contribution >= 0.6 is 0 Å². The predicted octanol–water partition coefficient (Wildman–Crippen LogP) is 3.34. The summed E-state index contributed by atoms with van der Waals surface area (Å²) in [5, 5.41) is 0. The Balaban J connectivity index is 1.72.